The van der Waals surface area contributed by atoms with Crippen LogP contribution in [0.4, 0.5) is 0 Å². The number of aliphatic carboxylic acids is 1. The molecule has 0 aromatic rings. The van der Waals surface area contributed by atoms with Crippen molar-refractivity contribution in [2.24, 2.45) is 5.92 Å². The molecule has 0 unspecified atom stereocenters. The van der Waals surface area contributed by atoms with Gasteiger partial charge in [0.15, 0.2) is 0 Å². The summed E-state index contributed by atoms with van der Waals surface area (Å²) >= 11 is 0. The van der Waals surface area contributed by atoms with Gasteiger partial charge in [-0.2, -0.15) is 0 Å². The van der Waals surface area contributed by atoms with Gasteiger partial charge in [-0.25, -0.2) is 14.6 Å². The fourth-order valence-corrected chi connectivity index (χ4v) is 3.30. The van der Waals surface area contributed by atoms with Gasteiger partial charge in [-0.05, 0) is 51.0 Å². The SMILES string of the molecule is CC/C=C/[C@H](CC)C/C(C)=C/[C@@]1(CC)C[C@](/C=C/C(=O)O)(CC)OO1. The lowest BCUT2D eigenvalue weighted by atomic mass is 9.82. The van der Waals surface area contributed by atoms with Crippen LogP contribution in [0.15, 0.2) is 36.0 Å². The molecule has 3 atom stereocenters. The van der Waals surface area contributed by atoms with E-state index < -0.39 is 17.2 Å². The molecule has 0 aromatic heterocycles. The van der Waals surface area contributed by atoms with Crippen molar-refractivity contribution in [3.63, 3.8) is 0 Å². The van der Waals surface area contributed by atoms with Crippen molar-refractivity contribution < 1.29 is 19.7 Å². The van der Waals surface area contributed by atoms with E-state index in [2.05, 4.69) is 45.9 Å². The number of carboxylic acid groups (broad SMARTS) is 1. The first-order valence-corrected chi connectivity index (χ1v) is 9.48. The van der Waals surface area contributed by atoms with Crippen molar-refractivity contribution in [2.45, 2.75) is 84.3 Å². The van der Waals surface area contributed by atoms with Crippen molar-refractivity contribution in [3.05, 3.63) is 36.0 Å². The fraction of sp³-hybridized carbons (Fsp3) is 0.667. The predicted octanol–water partition coefficient (Wildman–Crippen LogP) is 5.61. The van der Waals surface area contributed by atoms with E-state index >= 15 is 0 Å². The van der Waals surface area contributed by atoms with Crippen molar-refractivity contribution in [1.82, 2.24) is 0 Å². The summed E-state index contributed by atoms with van der Waals surface area (Å²) in [6.07, 6.45) is 14.7. The summed E-state index contributed by atoms with van der Waals surface area (Å²) in [4.78, 5) is 22.3. The minimum absolute atomic E-state index is 0.490. The first kappa shape index (κ1) is 21.7. The van der Waals surface area contributed by atoms with Gasteiger partial charge in [0.2, 0.25) is 0 Å². The largest absolute Gasteiger partial charge is 0.478 e. The Morgan fingerprint density at radius 1 is 1.16 bits per heavy atom. The van der Waals surface area contributed by atoms with Crippen LogP contribution in [0.25, 0.3) is 0 Å². The molecule has 142 valence electrons. The molecule has 0 saturated carbocycles. The lowest BCUT2D eigenvalue weighted by Crippen LogP contribution is -2.29. The molecule has 4 nitrogen and oxygen atoms in total. The van der Waals surface area contributed by atoms with Crippen LogP contribution in [0.2, 0.25) is 0 Å². The summed E-state index contributed by atoms with van der Waals surface area (Å²) in [5.41, 5.74) is 0.125. The number of carboxylic acids is 1. The Morgan fingerprint density at radius 2 is 1.80 bits per heavy atom. The van der Waals surface area contributed by atoms with Gasteiger partial charge in [0.25, 0.3) is 0 Å². The molecule has 0 bridgehead atoms. The molecule has 0 spiro atoms. The van der Waals surface area contributed by atoms with E-state index in [-0.39, 0.29) is 0 Å². The number of allylic oxidation sites excluding steroid dienone is 3. The minimum Gasteiger partial charge on any atom is -0.478 e. The predicted molar refractivity (Wildman–Crippen MR) is 101 cm³/mol. The van der Waals surface area contributed by atoms with E-state index in [0.717, 1.165) is 31.8 Å². The minimum atomic E-state index is -0.967. The second-order valence-electron chi connectivity index (χ2n) is 7.05. The summed E-state index contributed by atoms with van der Waals surface area (Å²) in [5.74, 6) is -0.430. The third kappa shape index (κ3) is 6.44. The van der Waals surface area contributed by atoms with E-state index in [4.69, 9.17) is 14.9 Å². The van der Waals surface area contributed by atoms with Gasteiger partial charge >= 0.3 is 5.97 Å². The van der Waals surface area contributed by atoms with Gasteiger partial charge in [-0.1, -0.05) is 51.5 Å². The summed E-state index contributed by atoms with van der Waals surface area (Å²) < 4.78 is 0. The smallest absolute Gasteiger partial charge is 0.328 e. The summed E-state index contributed by atoms with van der Waals surface area (Å²) in [6.45, 7) is 10.6. The van der Waals surface area contributed by atoms with Crippen molar-refractivity contribution in [3.8, 4) is 0 Å². The topological polar surface area (TPSA) is 55.8 Å². The molecule has 0 amide bonds. The van der Waals surface area contributed by atoms with Crippen LogP contribution in [0, 0.1) is 5.92 Å². The highest BCUT2D eigenvalue weighted by atomic mass is 17.2. The van der Waals surface area contributed by atoms with Gasteiger partial charge in [0.05, 0.1) is 0 Å². The number of rotatable bonds is 10. The van der Waals surface area contributed by atoms with Gasteiger partial charge in [-0.15, -0.1) is 0 Å². The molecule has 1 N–H and O–H groups in total. The van der Waals surface area contributed by atoms with Crippen LogP contribution in [-0.4, -0.2) is 22.3 Å². The van der Waals surface area contributed by atoms with Crippen LogP contribution in [0.5, 0.6) is 0 Å². The number of hydrogen-bond donors (Lipinski definition) is 1. The van der Waals surface area contributed by atoms with Crippen LogP contribution >= 0.6 is 0 Å². The Kier molecular flexibility index (Phi) is 8.60. The Hall–Kier alpha value is -1.39. The average molecular weight is 350 g/mol. The van der Waals surface area contributed by atoms with E-state index in [1.165, 1.54) is 5.57 Å². The lowest BCUT2D eigenvalue weighted by molar-refractivity contribution is -0.333. The zero-order valence-electron chi connectivity index (χ0n) is 16.4. The van der Waals surface area contributed by atoms with Gasteiger partial charge in [0, 0.05) is 12.5 Å². The standard InChI is InChI=1S/C21H34O4/c1-6-10-11-18(7-2)14-17(5)15-21(9-4)16-20(8-3,24-25-21)13-12-19(22)23/h10-13,15,18H,6-9,14,16H2,1-5H3,(H,22,23)/b11-10+,13-12+,17-15+/t18-,20+,21-/m0/s1. The third-order valence-corrected chi connectivity index (χ3v) is 4.96. The van der Waals surface area contributed by atoms with Crippen molar-refractivity contribution in [2.75, 3.05) is 0 Å². The lowest BCUT2D eigenvalue weighted by Gasteiger charge is -2.23. The molecule has 1 aliphatic rings. The van der Waals surface area contributed by atoms with Crippen LogP contribution in [0.3, 0.4) is 0 Å². The molecular weight excluding hydrogens is 316 g/mol. The van der Waals surface area contributed by atoms with E-state index in [1.54, 1.807) is 6.08 Å². The molecule has 1 rings (SSSR count). The molecule has 0 aliphatic carbocycles. The Labute approximate surface area is 152 Å². The Bertz CT molecular complexity index is 520. The quantitative estimate of drug-likeness (QED) is 0.316. The Balaban J connectivity index is 2.92. The zero-order valence-corrected chi connectivity index (χ0v) is 16.4. The van der Waals surface area contributed by atoms with Crippen molar-refractivity contribution >= 4 is 5.97 Å². The summed E-state index contributed by atoms with van der Waals surface area (Å²) in [5, 5.41) is 8.91. The highest BCUT2D eigenvalue weighted by Gasteiger charge is 2.47. The molecule has 25 heavy (non-hydrogen) atoms. The maximum Gasteiger partial charge on any atom is 0.328 e. The highest BCUT2D eigenvalue weighted by Crippen LogP contribution is 2.43. The fourth-order valence-electron chi connectivity index (χ4n) is 3.30. The molecular formula is C21H34O4. The molecule has 1 heterocycles. The maximum atomic E-state index is 10.9. The second-order valence-corrected chi connectivity index (χ2v) is 7.05. The molecule has 0 radical (unpaired) electrons. The van der Waals surface area contributed by atoms with Crippen LogP contribution < -0.4 is 0 Å². The van der Waals surface area contributed by atoms with Crippen LogP contribution in [0.1, 0.15) is 73.1 Å². The third-order valence-electron chi connectivity index (χ3n) is 4.96. The second kappa shape index (κ2) is 9.93. The number of carbonyl (C=O) groups is 1. The monoisotopic (exact) mass is 350 g/mol. The molecule has 1 fully saturated rings. The highest BCUT2D eigenvalue weighted by molar-refractivity contribution is 5.79. The first-order valence-electron chi connectivity index (χ1n) is 9.48. The first-order chi connectivity index (χ1) is 11.8. The maximum absolute atomic E-state index is 10.9. The molecule has 4 heteroatoms. The van der Waals surface area contributed by atoms with E-state index in [9.17, 15) is 4.79 Å². The van der Waals surface area contributed by atoms with Crippen molar-refractivity contribution in [1.29, 1.82) is 0 Å². The normalized spacial score (nSPS) is 28.9. The molecule has 0 aromatic carbocycles. The average Bonchev–Trinajstić information content (AvgIpc) is 2.96. The van der Waals surface area contributed by atoms with Gasteiger partial charge in [-0.3, -0.25) is 0 Å². The van der Waals surface area contributed by atoms with Gasteiger partial charge < -0.3 is 5.11 Å². The Morgan fingerprint density at radius 3 is 2.32 bits per heavy atom. The number of hydrogen-bond acceptors (Lipinski definition) is 3. The molecule has 1 aliphatic heterocycles. The van der Waals surface area contributed by atoms with Gasteiger partial charge in [0.1, 0.15) is 11.2 Å². The summed E-state index contributed by atoms with van der Waals surface area (Å²) in [6, 6.07) is 0. The molecule has 1 saturated heterocycles. The summed E-state index contributed by atoms with van der Waals surface area (Å²) in [7, 11) is 0. The zero-order chi connectivity index (χ0) is 18.9. The van der Waals surface area contributed by atoms with E-state index in [0.29, 0.717) is 18.8 Å². The van der Waals surface area contributed by atoms with E-state index in [1.807, 2.05) is 6.92 Å². The van der Waals surface area contributed by atoms with Crippen LogP contribution in [-0.2, 0) is 14.6 Å².